The first kappa shape index (κ1) is 14.8. The van der Waals surface area contributed by atoms with Gasteiger partial charge in [0.15, 0.2) is 0 Å². The van der Waals surface area contributed by atoms with E-state index in [1.165, 1.54) is 4.90 Å². The maximum absolute atomic E-state index is 12.1. The Kier molecular flexibility index (Phi) is 4.62. The van der Waals surface area contributed by atoms with Gasteiger partial charge in [-0.2, -0.15) is 0 Å². The number of Topliss-reactive ketones (excluding diaryl/α,β-unsaturated/α-hetero) is 1. The van der Waals surface area contributed by atoms with Crippen molar-refractivity contribution in [1.82, 2.24) is 4.90 Å². The van der Waals surface area contributed by atoms with E-state index in [9.17, 15) is 14.4 Å². The number of nitrogens with zero attached hydrogens (tertiary/aromatic N) is 1. The van der Waals surface area contributed by atoms with Gasteiger partial charge in [0.1, 0.15) is 11.8 Å². The lowest BCUT2D eigenvalue weighted by Crippen LogP contribution is -2.47. The molecule has 0 bridgehead atoms. The van der Waals surface area contributed by atoms with Crippen LogP contribution in [0.15, 0.2) is 0 Å². The Hall–Kier alpha value is -1.59. The van der Waals surface area contributed by atoms with Crippen molar-refractivity contribution in [1.29, 1.82) is 0 Å². The van der Waals surface area contributed by atoms with Crippen LogP contribution >= 0.6 is 0 Å². The molecule has 0 spiro atoms. The summed E-state index contributed by atoms with van der Waals surface area (Å²) in [6.45, 7) is 3.95. The smallest absolute Gasteiger partial charge is 0.410 e. The Balaban J connectivity index is 2.22. The number of fused-ring (bicyclic) bond motifs is 1. The number of ether oxygens (including phenoxy) is 2. The first-order valence-electron chi connectivity index (χ1n) is 7.24. The largest absolute Gasteiger partial charge is 0.464 e. The number of rotatable bonds is 3. The Morgan fingerprint density at radius 1 is 1.25 bits per heavy atom. The first-order chi connectivity index (χ1) is 9.60. The minimum absolute atomic E-state index is 0.141. The molecular formula is C14H21NO5. The lowest BCUT2D eigenvalue weighted by Gasteiger charge is -2.31. The van der Waals surface area contributed by atoms with E-state index in [4.69, 9.17) is 9.47 Å². The van der Waals surface area contributed by atoms with Crippen molar-refractivity contribution >= 4 is 17.8 Å². The van der Waals surface area contributed by atoms with Crippen LogP contribution in [0.3, 0.4) is 0 Å². The van der Waals surface area contributed by atoms with Gasteiger partial charge in [0.2, 0.25) is 0 Å². The van der Waals surface area contributed by atoms with Gasteiger partial charge in [-0.05, 0) is 33.1 Å². The summed E-state index contributed by atoms with van der Waals surface area (Å²) in [6.07, 6.45) is 1.87. The van der Waals surface area contributed by atoms with Crippen LogP contribution in [0.2, 0.25) is 0 Å². The molecule has 0 aromatic carbocycles. The summed E-state index contributed by atoms with van der Waals surface area (Å²) in [7, 11) is 0. The summed E-state index contributed by atoms with van der Waals surface area (Å²) in [4.78, 5) is 37.6. The summed E-state index contributed by atoms with van der Waals surface area (Å²) >= 11 is 0. The molecule has 1 aliphatic carbocycles. The highest BCUT2D eigenvalue weighted by atomic mass is 16.6. The number of ketones is 1. The van der Waals surface area contributed by atoms with Crippen LogP contribution in [0, 0.1) is 5.92 Å². The zero-order valence-corrected chi connectivity index (χ0v) is 12.0. The SMILES string of the molecule is CCOC(=O)C1CC2C(=O)CCCC2N1C(=O)OCC. The summed E-state index contributed by atoms with van der Waals surface area (Å²) in [5.41, 5.74) is 0. The average Bonchev–Trinajstić information content (AvgIpc) is 2.80. The Morgan fingerprint density at radius 3 is 2.60 bits per heavy atom. The molecule has 0 aromatic heterocycles. The van der Waals surface area contributed by atoms with Gasteiger partial charge in [-0.25, -0.2) is 9.59 Å². The molecule has 20 heavy (non-hydrogen) atoms. The fourth-order valence-corrected chi connectivity index (χ4v) is 3.20. The zero-order valence-electron chi connectivity index (χ0n) is 12.0. The predicted octanol–water partition coefficient (Wildman–Crippen LogP) is 1.52. The molecule has 6 heteroatoms. The lowest BCUT2D eigenvalue weighted by atomic mass is 9.83. The van der Waals surface area contributed by atoms with Crippen LogP contribution in [0.4, 0.5) is 4.79 Å². The molecule has 0 N–H and O–H groups in total. The Morgan fingerprint density at radius 2 is 1.95 bits per heavy atom. The maximum Gasteiger partial charge on any atom is 0.410 e. The van der Waals surface area contributed by atoms with E-state index in [1.807, 2.05) is 0 Å². The third kappa shape index (κ3) is 2.64. The van der Waals surface area contributed by atoms with Gasteiger partial charge in [-0.15, -0.1) is 0 Å². The van der Waals surface area contributed by atoms with Crippen LogP contribution in [-0.4, -0.2) is 48.0 Å². The van der Waals surface area contributed by atoms with E-state index < -0.39 is 18.1 Å². The molecule has 0 radical (unpaired) electrons. The number of esters is 1. The molecule has 2 fully saturated rings. The maximum atomic E-state index is 12.1. The molecule has 0 aromatic rings. The minimum atomic E-state index is -0.689. The molecule has 1 amide bonds. The third-order valence-corrected chi connectivity index (χ3v) is 4.01. The van der Waals surface area contributed by atoms with Gasteiger partial charge in [-0.3, -0.25) is 9.69 Å². The molecule has 6 nitrogen and oxygen atoms in total. The van der Waals surface area contributed by atoms with Gasteiger partial charge in [0.05, 0.1) is 13.2 Å². The summed E-state index contributed by atoms with van der Waals surface area (Å²) in [6, 6.07) is -0.907. The molecule has 3 unspecified atom stereocenters. The normalized spacial score (nSPS) is 29.0. The van der Waals surface area contributed by atoms with Crippen molar-refractivity contribution in [2.45, 2.75) is 51.6 Å². The second-order valence-electron chi connectivity index (χ2n) is 5.14. The van der Waals surface area contributed by atoms with Crippen molar-refractivity contribution < 1.29 is 23.9 Å². The molecule has 1 aliphatic heterocycles. The van der Waals surface area contributed by atoms with Crippen molar-refractivity contribution in [3.8, 4) is 0 Å². The number of carbonyl (C=O) groups excluding carboxylic acids is 3. The van der Waals surface area contributed by atoms with Crippen LogP contribution < -0.4 is 0 Å². The van der Waals surface area contributed by atoms with E-state index in [0.717, 1.165) is 12.8 Å². The number of amides is 1. The fraction of sp³-hybridized carbons (Fsp3) is 0.786. The quantitative estimate of drug-likeness (QED) is 0.734. The second-order valence-corrected chi connectivity index (χ2v) is 5.14. The highest BCUT2D eigenvalue weighted by Gasteiger charge is 2.51. The lowest BCUT2D eigenvalue weighted by molar-refractivity contribution is -0.148. The van der Waals surface area contributed by atoms with Gasteiger partial charge < -0.3 is 9.47 Å². The van der Waals surface area contributed by atoms with Gasteiger partial charge >= 0.3 is 12.1 Å². The predicted molar refractivity (Wildman–Crippen MR) is 70.0 cm³/mol. The van der Waals surface area contributed by atoms with Crippen LogP contribution in [0.5, 0.6) is 0 Å². The topological polar surface area (TPSA) is 72.9 Å². The zero-order chi connectivity index (χ0) is 14.7. The molecular weight excluding hydrogens is 262 g/mol. The Bertz CT molecular complexity index is 408. The van der Waals surface area contributed by atoms with Crippen molar-refractivity contribution in [3.63, 3.8) is 0 Å². The van der Waals surface area contributed by atoms with Gasteiger partial charge in [0.25, 0.3) is 0 Å². The van der Waals surface area contributed by atoms with Crippen molar-refractivity contribution in [2.24, 2.45) is 5.92 Å². The number of carbonyl (C=O) groups is 3. The van der Waals surface area contributed by atoms with E-state index in [1.54, 1.807) is 13.8 Å². The van der Waals surface area contributed by atoms with Crippen LogP contribution in [0.25, 0.3) is 0 Å². The highest BCUT2D eigenvalue weighted by molar-refractivity contribution is 5.88. The van der Waals surface area contributed by atoms with Crippen molar-refractivity contribution in [2.75, 3.05) is 13.2 Å². The molecule has 2 aliphatic rings. The molecule has 1 saturated carbocycles. The summed E-state index contributed by atoms with van der Waals surface area (Å²) < 4.78 is 10.1. The van der Waals surface area contributed by atoms with E-state index >= 15 is 0 Å². The van der Waals surface area contributed by atoms with E-state index in [2.05, 4.69) is 0 Å². The standard InChI is InChI=1S/C14H21NO5/c1-3-19-13(17)11-8-9-10(6-5-7-12(9)16)15(11)14(18)20-4-2/h9-11H,3-8H2,1-2H3. The third-order valence-electron chi connectivity index (χ3n) is 4.01. The summed E-state index contributed by atoms with van der Waals surface area (Å²) in [5, 5.41) is 0. The first-order valence-corrected chi connectivity index (χ1v) is 7.24. The van der Waals surface area contributed by atoms with Gasteiger partial charge in [0, 0.05) is 18.4 Å². The number of hydrogen-bond donors (Lipinski definition) is 0. The summed E-state index contributed by atoms with van der Waals surface area (Å²) in [5.74, 6) is -0.548. The van der Waals surface area contributed by atoms with Gasteiger partial charge in [-0.1, -0.05) is 0 Å². The fourth-order valence-electron chi connectivity index (χ4n) is 3.20. The van der Waals surface area contributed by atoms with Crippen LogP contribution in [-0.2, 0) is 19.1 Å². The Labute approximate surface area is 118 Å². The minimum Gasteiger partial charge on any atom is -0.464 e. The monoisotopic (exact) mass is 283 g/mol. The highest BCUT2D eigenvalue weighted by Crippen LogP contribution is 2.38. The second kappa shape index (κ2) is 6.24. The van der Waals surface area contributed by atoms with Crippen LogP contribution in [0.1, 0.15) is 39.5 Å². The number of likely N-dealkylation sites (tertiary alicyclic amines) is 1. The molecule has 3 atom stereocenters. The molecule has 2 rings (SSSR count). The average molecular weight is 283 g/mol. The van der Waals surface area contributed by atoms with E-state index in [0.29, 0.717) is 12.8 Å². The molecule has 1 heterocycles. The molecule has 112 valence electrons. The van der Waals surface area contributed by atoms with E-state index in [-0.39, 0.29) is 31.0 Å². The molecule has 1 saturated heterocycles. The van der Waals surface area contributed by atoms with Crippen molar-refractivity contribution in [3.05, 3.63) is 0 Å². The number of hydrogen-bond acceptors (Lipinski definition) is 5.